The first-order valence-electron chi connectivity index (χ1n) is 7.40. The predicted molar refractivity (Wildman–Crippen MR) is 87.0 cm³/mol. The molecule has 1 aromatic heterocycles. The third-order valence-corrected chi connectivity index (χ3v) is 3.86. The van der Waals surface area contributed by atoms with E-state index in [4.69, 9.17) is 4.74 Å². The van der Waals surface area contributed by atoms with Crippen LogP contribution in [0.2, 0.25) is 0 Å². The van der Waals surface area contributed by atoms with E-state index in [2.05, 4.69) is 36.1 Å². The van der Waals surface area contributed by atoms with Gasteiger partial charge in [0.2, 0.25) is 0 Å². The highest BCUT2D eigenvalue weighted by atomic mass is 32.2. The van der Waals surface area contributed by atoms with Crippen LogP contribution in [0, 0.1) is 6.92 Å². The maximum absolute atomic E-state index is 11.5. The minimum Gasteiger partial charge on any atom is -0.465 e. The molecule has 0 bridgehead atoms. The number of hydrogen-bond donors (Lipinski definition) is 1. The molecule has 1 aromatic rings. The van der Waals surface area contributed by atoms with Gasteiger partial charge < -0.3 is 10.1 Å². The van der Waals surface area contributed by atoms with Crippen LogP contribution in [0.15, 0.2) is 5.03 Å². The predicted octanol–water partition coefficient (Wildman–Crippen LogP) is 3.39. The van der Waals surface area contributed by atoms with E-state index >= 15 is 0 Å². The van der Waals surface area contributed by atoms with Gasteiger partial charge >= 0.3 is 5.97 Å². The Hall–Kier alpha value is -1.30. The Labute approximate surface area is 131 Å². The molecule has 0 aliphatic heterocycles. The van der Waals surface area contributed by atoms with Crippen molar-refractivity contribution < 1.29 is 9.53 Å². The number of carbonyl (C=O) groups excluding carboxylic acids is 1. The highest BCUT2D eigenvalue weighted by molar-refractivity contribution is 7.99. The van der Waals surface area contributed by atoms with Crippen LogP contribution in [-0.2, 0) is 9.53 Å². The van der Waals surface area contributed by atoms with Gasteiger partial charge in [0.15, 0.2) is 0 Å². The summed E-state index contributed by atoms with van der Waals surface area (Å²) in [5.74, 6) is 1.97. The third-order valence-electron chi connectivity index (χ3n) is 2.81. The number of thioether (sulfide) groups is 1. The van der Waals surface area contributed by atoms with Crippen LogP contribution in [0.25, 0.3) is 0 Å². The van der Waals surface area contributed by atoms with Gasteiger partial charge in [-0.15, -0.1) is 0 Å². The minimum atomic E-state index is -0.213. The molecule has 6 heteroatoms. The van der Waals surface area contributed by atoms with E-state index in [1.165, 1.54) is 11.8 Å². The van der Waals surface area contributed by atoms with Crippen molar-refractivity contribution in [1.82, 2.24) is 9.97 Å². The molecule has 1 rings (SSSR count). The zero-order valence-electron chi connectivity index (χ0n) is 13.5. The second-order valence-corrected chi connectivity index (χ2v) is 6.00. The number of nitrogens with zero attached hydrogens (tertiary/aromatic N) is 2. The molecule has 0 atom stereocenters. The Balaban J connectivity index is 2.94. The summed E-state index contributed by atoms with van der Waals surface area (Å²) in [6.45, 7) is 11.3. The number of anilines is 1. The number of nitrogens with one attached hydrogen (secondary N) is 1. The zero-order valence-corrected chi connectivity index (χ0v) is 14.3. The second-order valence-electron chi connectivity index (χ2n) is 5.04. The van der Waals surface area contributed by atoms with Crippen LogP contribution in [-0.4, -0.2) is 34.8 Å². The first kappa shape index (κ1) is 17.8. The molecule has 0 aliphatic rings. The summed E-state index contributed by atoms with van der Waals surface area (Å²) in [5, 5.41) is 4.18. The lowest BCUT2D eigenvalue weighted by atomic mass is 10.2. The highest BCUT2D eigenvalue weighted by Crippen LogP contribution is 2.27. The zero-order chi connectivity index (χ0) is 15.8. The van der Waals surface area contributed by atoms with Crippen molar-refractivity contribution in [3.05, 3.63) is 11.4 Å². The minimum absolute atomic E-state index is 0.213. The number of carbonyl (C=O) groups is 1. The van der Waals surface area contributed by atoms with Gasteiger partial charge in [-0.25, -0.2) is 9.97 Å². The lowest BCUT2D eigenvalue weighted by Gasteiger charge is -2.14. The lowest BCUT2D eigenvalue weighted by Crippen LogP contribution is -2.11. The van der Waals surface area contributed by atoms with Crippen molar-refractivity contribution in [2.45, 2.75) is 52.0 Å². The van der Waals surface area contributed by atoms with Crippen molar-refractivity contribution in [3.8, 4) is 0 Å². The topological polar surface area (TPSA) is 64.1 Å². The van der Waals surface area contributed by atoms with E-state index in [0.29, 0.717) is 6.61 Å². The van der Waals surface area contributed by atoms with Crippen LogP contribution in [0.1, 0.15) is 51.4 Å². The monoisotopic (exact) mass is 311 g/mol. The molecule has 0 saturated carbocycles. The molecule has 1 heterocycles. The van der Waals surface area contributed by atoms with Crippen LogP contribution in [0.3, 0.4) is 0 Å². The SMILES string of the molecule is CCCNc1nc(C(C)C)nc(SCC(=O)OCC)c1C. The molecule has 0 fully saturated rings. The van der Waals surface area contributed by atoms with Crippen molar-refractivity contribution in [3.63, 3.8) is 0 Å². The maximum Gasteiger partial charge on any atom is 0.316 e. The second kappa shape index (κ2) is 8.87. The van der Waals surface area contributed by atoms with Crippen molar-refractivity contribution in [1.29, 1.82) is 0 Å². The van der Waals surface area contributed by atoms with E-state index in [9.17, 15) is 4.79 Å². The summed E-state index contributed by atoms with van der Waals surface area (Å²) in [6.07, 6.45) is 1.03. The van der Waals surface area contributed by atoms with Gasteiger partial charge in [0.25, 0.3) is 0 Å². The van der Waals surface area contributed by atoms with E-state index in [-0.39, 0.29) is 17.6 Å². The third kappa shape index (κ3) is 5.53. The van der Waals surface area contributed by atoms with Crippen LogP contribution in [0.4, 0.5) is 5.82 Å². The average molecular weight is 311 g/mol. The summed E-state index contributed by atoms with van der Waals surface area (Å²) >= 11 is 1.41. The van der Waals surface area contributed by atoms with E-state index in [1.807, 2.05) is 13.8 Å². The number of ether oxygens (including phenoxy) is 1. The van der Waals surface area contributed by atoms with Crippen molar-refractivity contribution in [2.75, 3.05) is 24.2 Å². The summed E-state index contributed by atoms with van der Waals surface area (Å²) in [7, 11) is 0. The molecule has 0 saturated heterocycles. The van der Waals surface area contributed by atoms with Gasteiger partial charge in [-0.3, -0.25) is 4.79 Å². The Bertz CT molecular complexity index is 478. The number of esters is 1. The molecule has 21 heavy (non-hydrogen) atoms. The van der Waals surface area contributed by atoms with E-state index < -0.39 is 0 Å². The maximum atomic E-state index is 11.5. The normalized spacial score (nSPS) is 10.8. The van der Waals surface area contributed by atoms with Gasteiger partial charge in [-0.2, -0.15) is 0 Å². The highest BCUT2D eigenvalue weighted by Gasteiger charge is 2.14. The molecule has 1 N–H and O–H groups in total. The fourth-order valence-corrected chi connectivity index (χ4v) is 2.47. The summed E-state index contributed by atoms with van der Waals surface area (Å²) in [6, 6.07) is 0. The van der Waals surface area contributed by atoms with E-state index in [1.54, 1.807) is 0 Å². The van der Waals surface area contributed by atoms with Crippen molar-refractivity contribution in [2.24, 2.45) is 0 Å². The van der Waals surface area contributed by atoms with Crippen LogP contribution < -0.4 is 5.32 Å². The summed E-state index contributed by atoms with van der Waals surface area (Å²) < 4.78 is 4.96. The Morgan fingerprint density at radius 3 is 2.62 bits per heavy atom. The first-order chi connectivity index (χ1) is 9.99. The molecule has 0 unspecified atom stereocenters. The van der Waals surface area contributed by atoms with Gasteiger partial charge in [0, 0.05) is 18.0 Å². The molecular weight excluding hydrogens is 286 g/mol. The van der Waals surface area contributed by atoms with Gasteiger partial charge in [0.1, 0.15) is 16.7 Å². The summed E-state index contributed by atoms with van der Waals surface area (Å²) in [4.78, 5) is 20.7. The largest absolute Gasteiger partial charge is 0.465 e. The number of hydrogen-bond acceptors (Lipinski definition) is 6. The number of rotatable bonds is 8. The molecular formula is C15H25N3O2S. The summed E-state index contributed by atoms with van der Waals surface area (Å²) in [5.41, 5.74) is 0.988. The lowest BCUT2D eigenvalue weighted by molar-refractivity contribution is -0.139. The van der Waals surface area contributed by atoms with E-state index in [0.717, 1.165) is 35.2 Å². The van der Waals surface area contributed by atoms with Gasteiger partial charge in [0.05, 0.1) is 12.4 Å². The first-order valence-corrected chi connectivity index (χ1v) is 8.38. The smallest absolute Gasteiger partial charge is 0.316 e. The van der Waals surface area contributed by atoms with Gasteiger partial charge in [-0.1, -0.05) is 32.5 Å². The molecule has 0 spiro atoms. The van der Waals surface area contributed by atoms with Gasteiger partial charge in [-0.05, 0) is 20.3 Å². The quantitative estimate of drug-likeness (QED) is 0.451. The molecule has 0 aliphatic carbocycles. The Kier molecular flexibility index (Phi) is 7.50. The molecule has 5 nitrogen and oxygen atoms in total. The van der Waals surface area contributed by atoms with Crippen LogP contribution >= 0.6 is 11.8 Å². The van der Waals surface area contributed by atoms with Crippen molar-refractivity contribution >= 4 is 23.5 Å². The standard InChI is InChI=1S/C15H25N3O2S/c1-6-8-16-14-11(5)15(18-13(17-14)10(3)4)21-9-12(19)20-7-2/h10H,6-9H2,1-5H3,(H,16,17,18). The van der Waals surface area contributed by atoms with Crippen LogP contribution in [0.5, 0.6) is 0 Å². The molecule has 118 valence electrons. The molecule has 0 radical (unpaired) electrons. The fraction of sp³-hybridized carbons (Fsp3) is 0.667. The molecule has 0 amide bonds. The Morgan fingerprint density at radius 2 is 2.05 bits per heavy atom. The Morgan fingerprint density at radius 1 is 1.33 bits per heavy atom. The molecule has 0 aromatic carbocycles. The average Bonchev–Trinajstić information content (AvgIpc) is 2.45. The number of aromatic nitrogens is 2. The fourth-order valence-electron chi connectivity index (χ4n) is 1.66.